The molecule has 1 aliphatic rings. The van der Waals surface area contributed by atoms with Crippen LogP contribution in [0.5, 0.6) is 0 Å². The van der Waals surface area contributed by atoms with E-state index < -0.39 is 0 Å². The molecule has 0 spiro atoms. The van der Waals surface area contributed by atoms with Crippen LogP contribution in [-0.2, 0) is 4.79 Å². The van der Waals surface area contributed by atoms with Crippen molar-refractivity contribution in [1.29, 1.82) is 0 Å². The summed E-state index contributed by atoms with van der Waals surface area (Å²) in [6, 6.07) is 4.51. The van der Waals surface area contributed by atoms with Gasteiger partial charge in [0.1, 0.15) is 0 Å². The lowest BCUT2D eigenvalue weighted by atomic mass is 10.1. The average Bonchev–Trinajstić information content (AvgIpc) is 2.28. The summed E-state index contributed by atoms with van der Waals surface area (Å²) in [7, 11) is 0. The first-order valence-electron chi connectivity index (χ1n) is 6.03. The summed E-state index contributed by atoms with van der Waals surface area (Å²) in [6.45, 7) is 7.58. The van der Waals surface area contributed by atoms with Gasteiger partial charge in [-0.3, -0.25) is 9.78 Å². The van der Waals surface area contributed by atoms with E-state index >= 15 is 0 Å². The van der Waals surface area contributed by atoms with E-state index in [9.17, 15) is 4.79 Å². The Hall–Kier alpha value is -1.58. The molecular weight excluding hydrogens is 214 g/mol. The number of amides is 1. The number of hydrogen-bond donors (Lipinski definition) is 0. The van der Waals surface area contributed by atoms with Crippen molar-refractivity contribution in [3.8, 4) is 0 Å². The molecule has 1 aromatic rings. The molecule has 4 nitrogen and oxygen atoms in total. The molecule has 1 aromatic heterocycles. The molecule has 1 aliphatic heterocycles. The maximum atomic E-state index is 11.6. The number of rotatable bonds is 1. The van der Waals surface area contributed by atoms with Crippen LogP contribution >= 0.6 is 0 Å². The average molecular weight is 233 g/mol. The molecule has 0 aromatic carbocycles. The van der Waals surface area contributed by atoms with Crippen LogP contribution in [0.2, 0.25) is 0 Å². The van der Waals surface area contributed by atoms with E-state index in [4.69, 9.17) is 0 Å². The minimum absolute atomic E-state index is 0.163. The number of piperazine rings is 1. The molecule has 1 amide bonds. The van der Waals surface area contributed by atoms with Crippen molar-refractivity contribution in [2.45, 2.75) is 32.9 Å². The van der Waals surface area contributed by atoms with Crippen LogP contribution < -0.4 is 4.90 Å². The van der Waals surface area contributed by atoms with Crippen molar-refractivity contribution in [3.05, 3.63) is 24.5 Å². The minimum Gasteiger partial charge on any atom is -0.366 e. The second-order valence-corrected chi connectivity index (χ2v) is 4.74. The second kappa shape index (κ2) is 4.73. The molecule has 0 saturated carbocycles. The summed E-state index contributed by atoms with van der Waals surface area (Å²) in [5.74, 6) is 0.163. The predicted octanol–water partition coefficient (Wildman–Crippen LogP) is 1.53. The maximum absolute atomic E-state index is 11.6. The van der Waals surface area contributed by atoms with E-state index in [1.807, 2.05) is 17.2 Å². The van der Waals surface area contributed by atoms with Gasteiger partial charge in [-0.2, -0.15) is 0 Å². The highest BCUT2D eigenvalue weighted by Crippen LogP contribution is 2.21. The standard InChI is InChI=1S/C13H19N3O/c1-10-8-15(13-5-4-6-14-7-13)9-11(2)16(10)12(3)17/h4-7,10-11H,8-9H2,1-3H3/t10-,11+. The zero-order valence-electron chi connectivity index (χ0n) is 10.6. The van der Waals surface area contributed by atoms with Gasteiger partial charge in [0, 0.05) is 38.3 Å². The fraction of sp³-hybridized carbons (Fsp3) is 0.538. The normalized spacial score (nSPS) is 24.9. The first kappa shape index (κ1) is 11.9. The Morgan fingerprint density at radius 3 is 2.47 bits per heavy atom. The molecule has 1 saturated heterocycles. The van der Waals surface area contributed by atoms with Gasteiger partial charge in [-0.1, -0.05) is 0 Å². The van der Waals surface area contributed by atoms with Crippen LogP contribution in [0.4, 0.5) is 5.69 Å². The topological polar surface area (TPSA) is 36.4 Å². The highest BCUT2D eigenvalue weighted by Gasteiger charge is 2.30. The first-order chi connectivity index (χ1) is 8.09. The zero-order chi connectivity index (χ0) is 12.4. The van der Waals surface area contributed by atoms with Gasteiger partial charge in [0.2, 0.25) is 5.91 Å². The molecule has 92 valence electrons. The van der Waals surface area contributed by atoms with Gasteiger partial charge in [0.25, 0.3) is 0 Å². The van der Waals surface area contributed by atoms with E-state index in [2.05, 4.69) is 29.8 Å². The highest BCUT2D eigenvalue weighted by molar-refractivity contribution is 5.74. The number of carbonyl (C=O) groups excluding carboxylic acids is 1. The van der Waals surface area contributed by atoms with Gasteiger partial charge in [-0.25, -0.2) is 0 Å². The van der Waals surface area contributed by atoms with Gasteiger partial charge in [-0.15, -0.1) is 0 Å². The molecule has 0 radical (unpaired) electrons. The Balaban J connectivity index is 2.14. The van der Waals surface area contributed by atoms with Crippen LogP contribution in [0.25, 0.3) is 0 Å². The van der Waals surface area contributed by atoms with Crippen molar-refractivity contribution >= 4 is 11.6 Å². The van der Waals surface area contributed by atoms with E-state index in [0.717, 1.165) is 18.8 Å². The second-order valence-electron chi connectivity index (χ2n) is 4.74. The lowest BCUT2D eigenvalue weighted by Gasteiger charge is -2.44. The summed E-state index contributed by atoms with van der Waals surface area (Å²) in [4.78, 5) is 20.0. The zero-order valence-corrected chi connectivity index (χ0v) is 10.6. The van der Waals surface area contributed by atoms with E-state index in [1.165, 1.54) is 0 Å². The summed E-state index contributed by atoms with van der Waals surface area (Å²) in [5.41, 5.74) is 1.13. The number of carbonyl (C=O) groups is 1. The largest absolute Gasteiger partial charge is 0.366 e. The number of anilines is 1. The molecule has 17 heavy (non-hydrogen) atoms. The van der Waals surface area contributed by atoms with Crippen LogP contribution in [0.3, 0.4) is 0 Å². The molecule has 2 heterocycles. The highest BCUT2D eigenvalue weighted by atomic mass is 16.2. The Kier molecular flexibility index (Phi) is 3.31. The van der Waals surface area contributed by atoms with Crippen molar-refractivity contribution in [3.63, 3.8) is 0 Å². The summed E-state index contributed by atoms with van der Waals surface area (Å²) < 4.78 is 0. The fourth-order valence-corrected chi connectivity index (χ4v) is 2.70. The molecular formula is C13H19N3O. The van der Waals surface area contributed by atoms with E-state index in [0.29, 0.717) is 0 Å². The van der Waals surface area contributed by atoms with Crippen molar-refractivity contribution in [2.75, 3.05) is 18.0 Å². The predicted molar refractivity (Wildman–Crippen MR) is 67.9 cm³/mol. The maximum Gasteiger partial charge on any atom is 0.220 e. The van der Waals surface area contributed by atoms with Gasteiger partial charge in [0.15, 0.2) is 0 Å². The van der Waals surface area contributed by atoms with Crippen LogP contribution in [-0.4, -0.2) is 41.0 Å². The van der Waals surface area contributed by atoms with E-state index in [1.54, 1.807) is 13.1 Å². The van der Waals surface area contributed by atoms with Crippen LogP contribution in [0.15, 0.2) is 24.5 Å². The third-order valence-corrected chi connectivity index (χ3v) is 3.29. The molecule has 4 heteroatoms. The van der Waals surface area contributed by atoms with Gasteiger partial charge in [-0.05, 0) is 26.0 Å². The fourth-order valence-electron chi connectivity index (χ4n) is 2.70. The molecule has 0 bridgehead atoms. The molecule has 0 aliphatic carbocycles. The SMILES string of the molecule is CC(=O)N1[C@H](C)CN(c2cccnc2)C[C@@H]1C. The molecule has 2 rings (SSSR count). The van der Waals surface area contributed by atoms with Gasteiger partial charge < -0.3 is 9.80 Å². The Morgan fingerprint density at radius 2 is 2.00 bits per heavy atom. The lowest BCUT2D eigenvalue weighted by Crippen LogP contribution is -2.58. The Bertz CT molecular complexity index is 381. The number of hydrogen-bond acceptors (Lipinski definition) is 3. The first-order valence-corrected chi connectivity index (χ1v) is 6.03. The van der Waals surface area contributed by atoms with Crippen molar-refractivity contribution in [1.82, 2.24) is 9.88 Å². The summed E-state index contributed by atoms with van der Waals surface area (Å²) in [6.07, 6.45) is 3.66. The number of pyridine rings is 1. The minimum atomic E-state index is 0.163. The third-order valence-electron chi connectivity index (χ3n) is 3.29. The Morgan fingerprint density at radius 1 is 1.35 bits per heavy atom. The monoisotopic (exact) mass is 233 g/mol. The Labute approximate surface area is 102 Å². The smallest absolute Gasteiger partial charge is 0.220 e. The lowest BCUT2D eigenvalue weighted by molar-refractivity contribution is -0.133. The van der Waals surface area contributed by atoms with Crippen LogP contribution in [0, 0.1) is 0 Å². The molecule has 0 unspecified atom stereocenters. The van der Waals surface area contributed by atoms with Crippen molar-refractivity contribution < 1.29 is 4.79 Å². The quantitative estimate of drug-likeness (QED) is 0.738. The molecule has 2 atom stereocenters. The number of nitrogens with zero attached hydrogens (tertiary/aromatic N) is 3. The van der Waals surface area contributed by atoms with Crippen molar-refractivity contribution in [2.24, 2.45) is 0 Å². The van der Waals surface area contributed by atoms with Crippen LogP contribution in [0.1, 0.15) is 20.8 Å². The molecule has 0 N–H and O–H groups in total. The third kappa shape index (κ3) is 2.40. The number of aromatic nitrogens is 1. The van der Waals surface area contributed by atoms with Gasteiger partial charge >= 0.3 is 0 Å². The van der Waals surface area contributed by atoms with Gasteiger partial charge in [0.05, 0.1) is 11.9 Å². The summed E-state index contributed by atoms with van der Waals surface area (Å²) >= 11 is 0. The molecule has 1 fully saturated rings. The van der Waals surface area contributed by atoms with E-state index in [-0.39, 0.29) is 18.0 Å². The summed E-state index contributed by atoms with van der Waals surface area (Å²) in [5, 5.41) is 0.